The number of amides is 1. The van der Waals surface area contributed by atoms with Crippen LogP contribution in [0.2, 0.25) is 0 Å². The number of nitrogens with zero attached hydrogens (tertiary/aromatic N) is 4. The van der Waals surface area contributed by atoms with E-state index in [2.05, 4.69) is 10.1 Å². The molecular weight excluding hydrogens is 328 g/mol. The highest BCUT2D eigenvalue weighted by Crippen LogP contribution is 2.24. The second-order valence-electron chi connectivity index (χ2n) is 6.21. The number of aromatic nitrogens is 3. The van der Waals surface area contributed by atoms with Crippen molar-refractivity contribution in [1.82, 2.24) is 19.7 Å². The standard InChI is InChI=1S/C20H22N4O2/c1-14-5-6-17(11-19(14)26-4)20(25)23(3)15(2)16-7-9-18(10-8-16)24-13-21-12-22-24/h5-13,15H,1-4H3. The van der Waals surface area contributed by atoms with E-state index in [4.69, 9.17) is 4.74 Å². The normalized spacial score (nSPS) is 11.8. The molecule has 0 aliphatic carbocycles. The lowest BCUT2D eigenvalue weighted by Crippen LogP contribution is -2.29. The summed E-state index contributed by atoms with van der Waals surface area (Å²) in [6.07, 6.45) is 3.15. The number of aryl methyl sites for hydroxylation is 1. The third kappa shape index (κ3) is 3.44. The van der Waals surface area contributed by atoms with Crippen molar-refractivity contribution in [2.75, 3.05) is 14.2 Å². The van der Waals surface area contributed by atoms with E-state index in [9.17, 15) is 4.79 Å². The van der Waals surface area contributed by atoms with E-state index in [1.807, 2.05) is 57.3 Å². The number of ether oxygens (including phenoxy) is 1. The number of hydrogen-bond acceptors (Lipinski definition) is 4. The van der Waals surface area contributed by atoms with Crippen LogP contribution >= 0.6 is 0 Å². The molecule has 3 rings (SSSR count). The molecule has 26 heavy (non-hydrogen) atoms. The Hall–Kier alpha value is -3.15. The molecule has 0 aliphatic rings. The molecule has 0 bridgehead atoms. The second kappa shape index (κ2) is 7.39. The molecule has 1 aromatic heterocycles. The fourth-order valence-electron chi connectivity index (χ4n) is 2.80. The summed E-state index contributed by atoms with van der Waals surface area (Å²) in [6, 6.07) is 13.4. The van der Waals surface area contributed by atoms with Gasteiger partial charge in [-0.2, -0.15) is 5.10 Å². The molecule has 3 aromatic rings. The van der Waals surface area contributed by atoms with Crippen LogP contribution in [0.1, 0.15) is 34.5 Å². The summed E-state index contributed by atoms with van der Waals surface area (Å²) >= 11 is 0. The van der Waals surface area contributed by atoms with Gasteiger partial charge in [0.25, 0.3) is 5.91 Å². The smallest absolute Gasteiger partial charge is 0.254 e. The molecule has 0 N–H and O–H groups in total. The zero-order valence-electron chi connectivity index (χ0n) is 15.4. The van der Waals surface area contributed by atoms with Gasteiger partial charge in [0.2, 0.25) is 0 Å². The predicted octanol–water partition coefficient (Wildman–Crippen LogP) is 3.42. The van der Waals surface area contributed by atoms with Crippen LogP contribution in [0.5, 0.6) is 5.75 Å². The van der Waals surface area contributed by atoms with Gasteiger partial charge < -0.3 is 9.64 Å². The van der Waals surface area contributed by atoms with E-state index in [1.165, 1.54) is 6.33 Å². The van der Waals surface area contributed by atoms with Crippen LogP contribution in [-0.4, -0.2) is 39.7 Å². The monoisotopic (exact) mass is 350 g/mol. The van der Waals surface area contributed by atoms with Crippen molar-refractivity contribution in [3.05, 3.63) is 71.8 Å². The first kappa shape index (κ1) is 17.7. The molecule has 1 amide bonds. The molecule has 0 fully saturated rings. The van der Waals surface area contributed by atoms with Crippen LogP contribution in [0.25, 0.3) is 5.69 Å². The number of carbonyl (C=O) groups is 1. The minimum Gasteiger partial charge on any atom is -0.496 e. The molecular formula is C20H22N4O2. The molecule has 134 valence electrons. The molecule has 0 spiro atoms. The highest BCUT2D eigenvalue weighted by molar-refractivity contribution is 5.94. The first-order valence-electron chi connectivity index (χ1n) is 8.38. The Morgan fingerprint density at radius 3 is 2.54 bits per heavy atom. The lowest BCUT2D eigenvalue weighted by Gasteiger charge is -2.26. The molecule has 0 saturated heterocycles. The summed E-state index contributed by atoms with van der Waals surface area (Å²) < 4.78 is 7.02. The number of carbonyl (C=O) groups excluding carboxylic acids is 1. The van der Waals surface area contributed by atoms with Gasteiger partial charge >= 0.3 is 0 Å². The fourth-order valence-corrected chi connectivity index (χ4v) is 2.80. The summed E-state index contributed by atoms with van der Waals surface area (Å²) in [5, 5.41) is 4.12. The van der Waals surface area contributed by atoms with Crippen LogP contribution in [0, 0.1) is 6.92 Å². The lowest BCUT2D eigenvalue weighted by molar-refractivity contribution is 0.0742. The van der Waals surface area contributed by atoms with Crippen LogP contribution in [-0.2, 0) is 0 Å². The summed E-state index contributed by atoms with van der Waals surface area (Å²) in [5.74, 6) is 0.672. The Balaban J connectivity index is 1.78. The number of benzene rings is 2. The first-order chi connectivity index (χ1) is 12.5. The van der Waals surface area contributed by atoms with Crippen molar-refractivity contribution in [1.29, 1.82) is 0 Å². The first-order valence-corrected chi connectivity index (χ1v) is 8.38. The molecule has 1 atom stereocenters. The van der Waals surface area contributed by atoms with Gasteiger partial charge in [-0.1, -0.05) is 18.2 Å². The van der Waals surface area contributed by atoms with E-state index in [1.54, 1.807) is 29.1 Å². The van der Waals surface area contributed by atoms with E-state index in [0.717, 1.165) is 16.8 Å². The van der Waals surface area contributed by atoms with E-state index in [0.29, 0.717) is 11.3 Å². The largest absolute Gasteiger partial charge is 0.496 e. The quantitative estimate of drug-likeness (QED) is 0.707. The van der Waals surface area contributed by atoms with Crippen molar-refractivity contribution in [3.63, 3.8) is 0 Å². The van der Waals surface area contributed by atoms with Crippen LogP contribution in [0.15, 0.2) is 55.1 Å². The van der Waals surface area contributed by atoms with Crippen molar-refractivity contribution in [3.8, 4) is 11.4 Å². The van der Waals surface area contributed by atoms with E-state index >= 15 is 0 Å². The zero-order valence-corrected chi connectivity index (χ0v) is 15.4. The Bertz CT molecular complexity index is 889. The van der Waals surface area contributed by atoms with Gasteiger partial charge in [0.1, 0.15) is 18.4 Å². The average Bonchev–Trinajstić information content (AvgIpc) is 3.21. The molecule has 1 unspecified atom stereocenters. The van der Waals surface area contributed by atoms with Crippen molar-refractivity contribution < 1.29 is 9.53 Å². The third-order valence-electron chi connectivity index (χ3n) is 4.62. The maximum absolute atomic E-state index is 12.8. The highest BCUT2D eigenvalue weighted by Gasteiger charge is 2.20. The molecule has 1 heterocycles. The summed E-state index contributed by atoms with van der Waals surface area (Å²) in [7, 11) is 3.42. The Labute approximate surface area is 153 Å². The molecule has 0 aliphatic heterocycles. The van der Waals surface area contributed by atoms with Gasteiger partial charge in [-0.05, 0) is 49.2 Å². The molecule has 6 heteroatoms. The minimum absolute atomic E-state index is 0.0452. The topological polar surface area (TPSA) is 60.2 Å². The number of methoxy groups -OCH3 is 1. The maximum atomic E-state index is 12.8. The van der Waals surface area contributed by atoms with Crippen LogP contribution in [0.3, 0.4) is 0 Å². The maximum Gasteiger partial charge on any atom is 0.254 e. The molecule has 0 saturated carbocycles. The number of rotatable bonds is 5. The SMILES string of the molecule is COc1cc(C(=O)N(C)C(C)c2ccc(-n3cncn3)cc2)ccc1C. The van der Waals surface area contributed by atoms with Gasteiger partial charge in [0.15, 0.2) is 0 Å². The molecule has 0 radical (unpaired) electrons. The fraction of sp³-hybridized carbons (Fsp3) is 0.250. The molecule has 6 nitrogen and oxygen atoms in total. The van der Waals surface area contributed by atoms with Crippen LogP contribution < -0.4 is 4.74 Å². The second-order valence-corrected chi connectivity index (χ2v) is 6.21. The van der Waals surface area contributed by atoms with E-state index in [-0.39, 0.29) is 11.9 Å². The minimum atomic E-state index is -0.0698. The van der Waals surface area contributed by atoms with Crippen molar-refractivity contribution in [2.45, 2.75) is 19.9 Å². The van der Waals surface area contributed by atoms with Crippen molar-refractivity contribution in [2.24, 2.45) is 0 Å². The van der Waals surface area contributed by atoms with Crippen molar-refractivity contribution >= 4 is 5.91 Å². The Kier molecular flexibility index (Phi) is 5.02. The average molecular weight is 350 g/mol. The lowest BCUT2D eigenvalue weighted by atomic mass is 10.0. The summed E-state index contributed by atoms with van der Waals surface area (Å²) in [6.45, 7) is 3.96. The highest BCUT2D eigenvalue weighted by atomic mass is 16.5. The van der Waals surface area contributed by atoms with Gasteiger partial charge in [-0.15, -0.1) is 0 Å². The van der Waals surface area contributed by atoms with Gasteiger partial charge in [0.05, 0.1) is 18.8 Å². The zero-order chi connectivity index (χ0) is 18.7. The van der Waals surface area contributed by atoms with Gasteiger partial charge in [-0.3, -0.25) is 4.79 Å². The van der Waals surface area contributed by atoms with Crippen LogP contribution in [0.4, 0.5) is 0 Å². The Morgan fingerprint density at radius 2 is 1.92 bits per heavy atom. The summed E-state index contributed by atoms with van der Waals surface area (Å²) in [4.78, 5) is 18.5. The van der Waals surface area contributed by atoms with Gasteiger partial charge in [-0.25, -0.2) is 9.67 Å². The van der Waals surface area contributed by atoms with E-state index < -0.39 is 0 Å². The third-order valence-corrected chi connectivity index (χ3v) is 4.62. The van der Waals surface area contributed by atoms with Gasteiger partial charge in [0, 0.05) is 12.6 Å². The predicted molar refractivity (Wildman–Crippen MR) is 99.6 cm³/mol. The number of hydrogen-bond donors (Lipinski definition) is 0. The molecule has 2 aromatic carbocycles. The summed E-state index contributed by atoms with van der Waals surface area (Å²) in [5.41, 5.74) is 3.59. The Morgan fingerprint density at radius 1 is 1.19 bits per heavy atom.